The zero-order valence-electron chi connectivity index (χ0n) is 18.7. The summed E-state index contributed by atoms with van der Waals surface area (Å²) in [5.74, 6) is -0.625. The van der Waals surface area contributed by atoms with Crippen LogP contribution in [0.15, 0.2) is 11.2 Å². The van der Waals surface area contributed by atoms with Gasteiger partial charge in [-0.2, -0.15) is 0 Å². The minimum Gasteiger partial charge on any atom is -0.469 e. The van der Waals surface area contributed by atoms with Crippen LogP contribution in [0.1, 0.15) is 79.7 Å². The van der Waals surface area contributed by atoms with Crippen LogP contribution in [0.2, 0.25) is 0 Å². The van der Waals surface area contributed by atoms with Gasteiger partial charge in [0.2, 0.25) is 0 Å². The first-order valence-corrected chi connectivity index (χ1v) is 11.0. The highest BCUT2D eigenvalue weighted by Crippen LogP contribution is 2.56. The fraction of sp³-hybridized carbons (Fsp3) is 0.773. The van der Waals surface area contributed by atoms with Gasteiger partial charge in [-0.3, -0.25) is 13.5 Å². The highest BCUT2D eigenvalue weighted by atomic mass is 32.1. The summed E-state index contributed by atoms with van der Waals surface area (Å²) < 4.78 is 7.98. The van der Waals surface area contributed by atoms with E-state index in [1.54, 1.807) is 11.5 Å². The number of aromatic nitrogens is 1. The van der Waals surface area contributed by atoms with Crippen molar-refractivity contribution in [3.8, 4) is 0 Å². The van der Waals surface area contributed by atoms with Crippen molar-refractivity contribution in [2.45, 2.75) is 86.1 Å². The molecule has 1 aliphatic carbocycles. The zero-order chi connectivity index (χ0) is 21.3. The van der Waals surface area contributed by atoms with Gasteiger partial charge >= 0.3 is 5.97 Å². The molecule has 158 valence electrons. The maximum Gasteiger partial charge on any atom is 0.309 e. The number of amides is 1. The van der Waals surface area contributed by atoms with Gasteiger partial charge in [0, 0.05) is 17.3 Å². The third kappa shape index (κ3) is 4.12. The van der Waals surface area contributed by atoms with Gasteiger partial charge in [-0.15, -0.1) is 0 Å². The maximum absolute atomic E-state index is 13.4. The molecule has 28 heavy (non-hydrogen) atoms. The van der Waals surface area contributed by atoms with E-state index in [4.69, 9.17) is 4.74 Å². The minimum absolute atomic E-state index is 0.0467. The van der Waals surface area contributed by atoms with E-state index in [1.165, 1.54) is 7.11 Å². The standard InChI is InChI=1S/C22H36N2O3S/c1-9-10-11-15-14-24(20(2,3)4)28-17(15)23-19(26)22(7)13-12-16(18(25)27-8)21(22,5)6/h14,16H,9-13H2,1-8H3. The summed E-state index contributed by atoms with van der Waals surface area (Å²) in [4.78, 5) is 30.2. The number of unbranched alkanes of at least 4 members (excludes halogenated alkanes) is 1. The molecule has 1 saturated carbocycles. The number of hydrogen-bond acceptors (Lipinski definition) is 4. The third-order valence-electron chi connectivity index (χ3n) is 6.58. The van der Waals surface area contributed by atoms with Crippen LogP contribution >= 0.6 is 11.5 Å². The lowest BCUT2D eigenvalue weighted by atomic mass is 9.65. The highest BCUT2D eigenvalue weighted by molar-refractivity contribution is 7.04. The Morgan fingerprint density at radius 2 is 1.96 bits per heavy atom. The number of methoxy groups -OCH3 is 1. The molecule has 0 aliphatic heterocycles. The quantitative estimate of drug-likeness (QED) is 0.664. The van der Waals surface area contributed by atoms with Gasteiger partial charge in [-0.1, -0.05) is 34.1 Å². The van der Waals surface area contributed by atoms with Crippen LogP contribution in [-0.2, 0) is 26.3 Å². The predicted octanol–water partition coefficient (Wildman–Crippen LogP) is 4.69. The van der Waals surface area contributed by atoms with Crippen LogP contribution in [0.3, 0.4) is 0 Å². The van der Waals surface area contributed by atoms with Crippen molar-refractivity contribution in [1.29, 1.82) is 0 Å². The fourth-order valence-electron chi connectivity index (χ4n) is 3.99. The van der Waals surface area contributed by atoms with E-state index in [0.717, 1.165) is 29.5 Å². The van der Waals surface area contributed by atoms with Crippen molar-refractivity contribution < 1.29 is 14.3 Å². The molecule has 2 unspecified atom stereocenters. The van der Waals surface area contributed by atoms with E-state index in [1.807, 2.05) is 20.8 Å². The van der Waals surface area contributed by atoms with Gasteiger partial charge in [-0.05, 0) is 63.4 Å². The first kappa shape index (κ1) is 22.9. The molecule has 1 aliphatic rings. The van der Waals surface area contributed by atoms with Gasteiger partial charge in [-0.25, -0.2) is 4.99 Å². The lowest BCUT2D eigenvalue weighted by Crippen LogP contribution is -2.42. The van der Waals surface area contributed by atoms with Crippen molar-refractivity contribution in [3.05, 3.63) is 16.4 Å². The van der Waals surface area contributed by atoms with Gasteiger partial charge in [0.1, 0.15) is 4.67 Å². The molecule has 6 heteroatoms. The first-order chi connectivity index (χ1) is 12.9. The van der Waals surface area contributed by atoms with Crippen molar-refractivity contribution in [1.82, 2.24) is 3.96 Å². The maximum atomic E-state index is 13.4. The first-order valence-electron chi connectivity index (χ1n) is 10.3. The van der Waals surface area contributed by atoms with Crippen LogP contribution in [0.5, 0.6) is 0 Å². The number of carbonyl (C=O) groups excluding carboxylic acids is 2. The Labute approximate surface area is 173 Å². The Bertz CT molecular complexity index is 797. The number of ether oxygens (including phenoxy) is 1. The molecule has 0 spiro atoms. The van der Waals surface area contributed by atoms with Gasteiger partial charge < -0.3 is 4.74 Å². The molecular weight excluding hydrogens is 372 g/mol. The zero-order valence-corrected chi connectivity index (χ0v) is 19.5. The minimum atomic E-state index is -0.676. The summed E-state index contributed by atoms with van der Waals surface area (Å²) in [6.07, 6.45) is 6.55. The molecule has 5 nitrogen and oxygen atoms in total. The van der Waals surface area contributed by atoms with E-state index < -0.39 is 10.8 Å². The number of hydrogen-bond donors (Lipinski definition) is 0. The number of esters is 1. The largest absolute Gasteiger partial charge is 0.469 e. The van der Waals surface area contributed by atoms with E-state index in [0.29, 0.717) is 12.8 Å². The van der Waals surface area contributed by atoms with Crippen molar-refractivity contribution in [2.75, 3.05) is 7.11 Å². The van der Waals surface area contributed by atoms with Gasteiger partial charge in [0.15, 0.2) is 0 Å². The summed E-state index contributed by atoms with van der Waals surface area (Å²) in [6.45, 7) is 14.6. The molecule has 0 aromatic carbocycles. The van der Waals surface area contributed by atoms with Crippen molar-refractivity contribution in [3.63, 3.8) is 0 Å². The van der Waals surface area contributed by atoms with Crippen LogP contribution in [0, 0.1) is 16.7 Å². The van der Waals surface area contributed by atoms with Crippen molar-refractivity contribution >= 4 is 23.4 Å². The van der Waals surface area contributed by atoms with E-state index in [9.17, 15) is 9.59 Å². The third-order valence-corrected chi connectivity index (χ3v) is 7.96. The molecule has 2 rings (SSSR count). The Morgan fingerprint density at radius 1 is 1.32 bits per heavy atom. The summed E-state index contributed by atoms with van der Waals surface area (Å²) in [6, 6.07) is 0. The molecule has 1 aromatic heterocycles. The molecule has 0 saturated heterocycles. The van der Waals surface area contributed by atoms with E-state index >= 15 is 0 Å². The topological polar surface area (TPSA) is 60.7 Å². The lowest BCUT2D eigenvalue weighted by molar-refractivity contribution is -0.151. The average molecular weight is 409 g/mol. The molecule has 1 fully saturated rings. The molecule has 1 heterocycles. The molecule has 0 N–H and O–H groups in total. The summed E-state index contributed by atoms with van der Waals surface area (Å²) >= 11 is 1.55. The number of rotatable bonds is 5. The molecule has 1 aromatic rings. The molecule has 0 bridgehead atoms. The highest BCUT2D eigenvalue weighted by Gasteiger charge is 2.58. The SMILES string of the molecule is CCCCc1cn(C(C)(C)C)sc1=NC(=O)C1(C)CCC(C(=O)OC)C1(C)C. The van der Waals surface area contributed by atoms with Gasteiger partial charge in [0.25, 0.3) is 5.91 Å². The van der Waals surface area contributed by atoms with Crippen LogP contribution in [0.4, 0.5) is 0 Å². The second kappa shape index (κ2) is 8.13. The summed E-state index contributed by atoms with van der Waals surface area (Å²) in [5, 5.41) is 0. The second-order valence-electron chi connectivity index (χ2n) is 9.74. The van der Waals surface area contributed by atoms with E-state index in [-0.39, 0.29) is 23.3 Å². The molecule has 0 radical (unpaired) electrons. The second-order valence-corrected chi connectivity index (χ2v) is 10.7. The summed E-state index contributed by atoms with van der Waals surface area (Å²) in [7, 11) is 1.41. The van der Waals surface area contributed by atoms with Crippen molar-refractivity contribution in [2.24, 2.45) is 21.7 Å². The normalized spacial score (nSPS) is 25.1. The number of aryl methyl sites for hydroxylation is 1. The Morgan fingerprint density at radius 3 is 2.50 bits per heavy atom. The van der Waals surface area contributed by atoms with Crippen LogP contribution in [-0.4, -0.2) is 22.9 Å². The molecule has 1 amide bonds. The number of carbonyl (C=O) groups is 2. The summed E-state index contributed by atoms with van der Waals surface area (Å²) in [5.41, 5.74) is -0.0833. The van der Waals surface area contributed by atoms with Crippen LogP contribution < -0.4 is 4.67 Å². The van der Waals surface area contributed by atoms with Crippen LogP contribution in [0.25, 0.3) is 0 Å². The molecule has 2 atom stereocenters. The fourth-order valence-corrected chi connectivity index (χ4v) is 5.03. The van der Waals surface area contributed by atoms with Gasteiger partial charge in [0.05, 0.1) is 18.4 Å². The Kier molecular flexibility index (Phi) is 6.64. The molecular formula is C22H36N2O3S. The lowest BCUT2D eigenvalue weighted by Gasteiger charge is -2.38. The monoisotopic (exact) mass is 408 g/mol. The van der Waals surface area contributed by atoms with E-state index in [2.05, 4.69) is 42.8 Å². The average Bonchev–Trinajstić information content (AvgIpc) is 3.12. The predicted molar refractivity (Wildman–Crippen MR) is 113 cm³/mol. The number of nitrogens with zero attached hydrogens (tertiary/aromatic N) is 2. The smallest absolute Gasteiger partial charge is 0.309 e. The Balaban J connectivity index is 2.45. The Hall–Kier alpha value is -1.43.